The van der Waals surface area contributed by atoms with Gasteiger partial charge in [-0.05, 0) is 134 Å². The zero-order chi connectivity index (χ0) is 31.3. The predicted octanol–water partition coefficient (Wildman–Crippen LogP) is 11.8. The molecule has 5 fully saturated rings. The maximum Gasteiger partial charge on any atom is 0.335 e. The Hall–Kier alpha value is -1.64. The third-order valence-electron chi connectivity index (χ3n) is 13.0. The van der Waals surface area contributed by atoms with Crippen LogP contribution in [0.1, 0.15) is 169 Å². The van der Waals surface area contributed by atoms with Crippen LogP contribution in [0.25, 0.3) is 0 Å². The lowest BCUT2D eigenvalue weighted by Gasteiger charge is -2.67. The minimum atomic E-state index is -0.839. The monoisotopic (exact) mass is 597 g/mol. The van der Waals surface area contributed by atoms with Crippen LogP contribution in [0.4, 0.5) is 0 Å². The fraction of sp³-hybridized carbons (Fsp3) is 0.800. The Balaban J connectivity index is 0.000000748. The molecular formula is C40H68O3. The van der Waals surface area contributed by atoms with Crippen LogP contribution in [0, 0.1) is 51.8 Å². The molecule has 0 heterocycles. The van der Waals surface area contributed by atoms with E-state index in [0.29, 0.717) is 34.1 Å². The third kappa shape index (κ3) is 6.53. The zero-order valence-electron chi connectivity index (χ0n) is 28.7. The standard InChI is InChI=1S/C32H44O3.C3H8.2C2H6.CH4/c1-20-23(21-6-8-22(9-7-21)29(34)35)12-16-30(2)25(20)13-17-31(3)26-14-18-32(19-33)15-4-5-27(32)24(26)10-11-28(30)31;1-3-2;2*1-2;/h6-9,19-20,23-28H,4-5,10-18H2,1-3H3,(H,34,35);3H2,1-2H3;2*1-2H3;1H4. The van der Waals surface area contributed by atoms with Crippen molar-refractivity contribution in [2.24, 2.45) is 51.8 Å². The molecule has 1 aromatic rings. The molecule has 5 aliphatic carbocycles. The van der Waals surface area contributed by atoms with Crippen molar-refractivity contribution in [2.75, 3.05) is 0 Å². The summed E-state index contributed by atoms with van der Waals surface area (Å²) in [6.45, 7) is 20.1. The molecular weight excluding hydrogens is 528 g/mol. The summed E-state index contributed by atoms with van der Waals surface area (Å²) in [7, 11) is 0. The largest absolute Gasteiger partial charge is 0.478 e. The van der Waals surface area contributed by atoms with Crippen LogP contribution in [-0.2, 0) is 4.79 Å². The topological polar surface area (TPSA) is 54.4 Å². The van der Waals surface area contributed by atoms with Gasteiger partial charge >= 0.3 is 5.97 Å². The first-order valence-electron chi connectivity index (χ1n) is 17.9. The minimum Gasteiger partial charge on any atom is -0.478 e. The number of carboxylic acid groups (broad SMARTS) is 1. The number of hydrogen-bond donors (Lipinski definition) is 1. The summed E-state index contributed by atoms with van der Waals surface area (Å²) in [6, 6.07) is 7.74. The van der Waals surface area contributed by atoms with E-state index in [9.17, 15) is 14.7 Å². The summed E-state index contributed by atoms with van der Waals surface area (Å²) >= 11 is 0. The van der Waals surface area contributed by atoms with Crippen LogP contribution in [-0.4, -0.2) is 17.4 Å². The highest BCUT2D eigenvalue weighted by molar-refractivity contribution is 5.87. The lowest BCUT2D eigenvalue weighted by atomic mass is 9.37. The number of carbonyl (C=O) groups is 2. The molecule has 3 heteroatoms. The Kier molecular flexibility index (Phi) is 13.6. The van der Waals surface area contributed by atoms with E-state index in [-0.39, 0.29) is 12.8 Å². The number of aldehydes is 1. The SMILES string of the molecule is C.CC.CC.CC1C(c2ccc(C(=O)O)cc2)CCC2(C)C1CCC1(C)C3CCC4(C=O)CCCC4C3CCC21.CCC. The molecule has 0 aliphatic heterocycles. The minimum absolute atomic E-state index is 0. The number of fused-ring (bicyclic) bond motifs is 7. The van der Waals surface area contributed by atoms with E-state index < -0.39 is 5.97 Å². The van der Waals surface area contributed by atoms with Gasteiger partial charge in [-0.1, -0.05) is 94.7 Å². The first-order valence-corrected chi connectivity index (χ1v) is 17.9. The lowest BCUT2D eigenvalue weighted by Crippen LogP contribution is -2.60. The highest BCUT2D eigenvalue weighted by Gasteiger charge is 2.64. The Morgan fingerprint density at radius 3 is 1.95 bits per heavy atom. The molecule has 5 aliphatic rings. The second kappa shape index (κ2) is 15.6. The number of carboxylic acids is 1. The van der Waals surface area contributed by atoms with Crippen molar-refractivity contribution in [3.8, 4) is 0 Å². The van der Waals surface area contributed by atoms with Gasteiger partial charge in [-0.3, -0.25) is 0 Å². The first-order chi connectivity index (χ1) is 20.1. The van der Waals surface area contributed by atoms with Crippen LogP contribution in [0.2, 0.25) is 0 Å². The van der Waals surface area contributed by atoms with Gasteiger partial charge in [0.2, 0.25) is 0 Å². The number of aromatic carboxylic acids is 1. The van der Waals surface area contributed by atoms with Crippen molar-refractivity contribution in [1.29, 1.82) is 0 Å². The second-order valence-corrected chi connectivity index (χ2v) is 14.6. The Labute approximate surface area is 266 Å². The molecule has 43 heavy (non-hydrogen) atoms. The van der Waals surface area contributed by atoms with E-state index in [1.165, 1.54) is 76.1 Å². The smallest absolute Gasteiger partial charge is 0.335 e. The maximum absolute atomic E-state index is 12.2. The second-order valence-electron chi connectivity index (χ2n) is 14.6. The van der Waals surface area contributed by atoms with Crippen molar-refractivity contribution in [3.63, 3.8) is 0 Å². The third-order valence-corrected chi connectivity index (χ3v) is 13.0. The van der Waals surface area contributed by atoms with Crippen LogP contribution in [0.3, 0.4) is 0 Å². The quantitative estimate of drug-likeness (QED) is 0.353. The van der Waals surface area contributed by atoms with Crippen LogP contribution in [0.5, 0.6) is 0 Å². The Morgan fingerprint density at radius 2 is 1.37 bits per heavy atom. The highest BCUT2D eigenvalue weighted by atomic mass is 16.4. The highest BCUT2D eigenvalue weighted by Crippen LogP contribution is 2.72. The van der Waals surface area contributed by atoms with E-state index in [0.717, 1.165) is 36.5 Å². The predicted molar refractivity (Wildman–Crippen MR) is 184 cm³/mol. The Morgan fingerprint density at radius 1 is 0.814 bits per heavy atom. The fourth-order valence-electron chi connectivity index (χ4n) is 11.4. The van der Waals surface area contributed by atoms with E-state index in [4.69, 9.17) is 0 Å². The van der Waals surface area contributed by atoms with E-state index in [1.807, 2.05) is 27.7 Å². The summed E-state index contributed by atoms with van der Waals surface area (Å²) in [5.74, 6) is 4.14. The van der Waals surface area contributed by atoms with Gasteiger partial charge < -0.3 is 9.90 Å². The van der Waals surface area contributed by atoms with Crippen LogP contribution in [0.15, 0.2) is 24.3 Å². The summed E-state index contributed by atoms with van der Waals surface area (Å²) < 4.78 is 0. The molecule has 1 N–H and O–H groups in total. The van der Waals surface area contributed by atoms with E-state index in [1.54, 1.807) is 12.1 Å². The Bertz CT molecular complexity index is 1020. The molecule has 0 amide bonds. The summed E-state index contributed by atoms with van der Waals surface area (Å²) in [5.41, 5.74) is 2.58. The molecule has 10 atom stereocenters. The molecule has 246 valence electrons. The van der Waals surface area contributed by atoms with Gasteiger partial charge in [0.25, 0.3) is 0 Å². The van der Waals surface area contributed by atoms with Gasteiger partial charge in [0.1, 0.15) is 6.29 Å². The number of rotatable bonds is 3. The zero-order valence-corrected chi connectivity index (χ0v) is 28.7. The molecule has 5 saturated carbocycles. The summed E-state index contributed by atoms with van der Waals surface area (Å²) in [6.07, 6.45) is 16.7. The van der Waals surface area contributed by atoms with Crippen LogP contribution < -0.4 is 0 Å². The van der Waals surface area contributed by atoms with Gasteiger partial charge in [-0.25, -0.2) is 4.79 Å². The van der Waals surface area contributed by atoms with Crippen LogP contribution >= 0.6 is 0 Å². The van der Waals surface area contributed by atoms with Gasteiger partial charge in [0.05, 0.1) is 5.56 Å². The van der Waals surface area contributed by atoms with Gasteiger partial charge in [0.15, 0.2) is 0 Å². The van der Waals surface area contributed by atoms with Gasteiger partial charge in [0, 0.05) is 5.41 Å². The van der Waals surface area contributed by atoms with E-state index >= 15 is 0 Å². The van der Waals surface area contributed by atoms with Gasteiger partial charge in [-0.15, -0.1) is 0 Å². The molecule has 0 radical (unpaired) electrons. The molecule has 6 rings (SSSR count). The average molecular weight is 597 g/mol. The summed E-state index contributed by atoms with van der Waals surface area (Å²) in [5, 5.41) is 9.30. The average Bonchev–Trinajstić information content (AvgIpc) is 3.45. The molecule has 0 bridgehead atoms. The van der Waals surface area contributed by atoms with Gasteiger partial charge in [-0.2, -0.15) is 0 Å². The lowest BCUT2D eigenvalue weighted by molar-refractivity contribution is -0.184. The van der Waals surface area contributed by atoms with Crippen molar-refractivity contribution in [1.82, 2.24) is 0 Å². The molecule has 10 unspecified atom stereocenters. The van der Waals surface area contributed by atoms with Crippen molar-refractivity contribution in [3.05, 3.63) is 35.4 Å². The fourth-order valence-corrected chi connectivity index (χ4v) is 11.4. The molecule has 3 nitrogen and oxygen atoms in total. The maximum atomic E-state index is 12.2. The van der Waals surface area contributed by atoms with Crippen molar-refractivity contribution >= 4 is 12.3 Å². The number of carbonyl (C=O) groups excluding carboxylic acids is 1. The summed E-state index contributed by atoms with van der Waals surface area (Å²) in [4.78, 5) is 23.6. The number of benzene rings is 1. The first kappa shape index (κ1) is 37.5. The molecule has 1 aromatic carbocycles. The molecule has 0 saturated heterocycles. The van der Waals surface area contributed by atoms with Crippen molar-refractivity contribution < 1.29 is 14.7 Å². The van der Waals surface area contributed by atoms with E-state index in [2.05, 4.69) is 46.8 Å². The molecule has 0 spiro atoms. The number of hydrogen-bond acceptors (Lipinski definition) is 2. The van der Waals surface area contributed by atoms with Crippen molar-refractivity contribution in [2.45, 2.75) is 153 Å². The normalized spacial score (nSPS) is 40.3. The molecule has 0 aromatic heterocycles.